The van der Waals surface area contributed by atoms with Crippen molar-refractivity contribution < 1.29 is 134 Å². The van der Waals surface area contributed by atoms with Crippen LogP contribution in [-0.2, 0) is 81.4 Å². The van der Waals surface area contributed by atoms with Gasteiger partial charge in [0, 0.05) is 28.3 Å². The van der Waals surface area contributed by atoms with Gasteiger partial charge in [-0.2, -0.15) is 73.8 Å². The molecule has 0 atom stereocenters. The van der Waals surface area contributed by atoms with Crippen LogP contribution < -0.4 is 5.73 Å². The van der Waals surface area contributed by atoms with Crippen molar-refractivity contribution >= 4 is 166 Å². The van der Waals surface area contributed by atoms with Crippen LogP contribution in [0.1, 0.15) is 10.5 Å². The van der Waals surface area contributed by atoms with E-state index in [2.05, 4.69) is 46.0 Å². The third-order valence-electron chi connectivity index (χ3n) is 11.7. The smallest absolute Gasteiger partial charge is 0.425 e. The van der Waals surface area contributed by atoms with Gasteiger partial charge in [-0.15, -0.1) is 48.4 Å². The summed E-state index contributed by atoms with van der Waals surface area (Å²) in [6.45, 7) is 0. The maximum Gasteiger partial charge on any atom is 0.425 e. The molecule has 0 spiro atoms. The fraction of sp³-hybridized carbons (Fsp3) is 0. The Morgan fingerprint density at radius 3 is 1.51 bits per heavy atom. The lowest BCUT2D eigenvalue weighted by atomic mass is 10.1. The van der Waals surface area contributed by atoms with Crippen LogP contribution in [0.4, 0.5) is 56.9 Å². The zero-order chi connectivity index (χ0) is 69.8. The largest absolute Gasteiger partial charge is 0.505 e. The number of nitrogens with two attached hydrogens (primary N) is 1. The number of carboxylic acids is 1. The van der Waals surface area contributed by atoms with Crippen LogP contribution in [0.3, 0.4) is 0 Å². The quantitative estimate of drug-likeness (QED) is 0.0157. The van der Waals surface area contributed by atoms with Crippen LogP contribution in [0.25, 0.3) is 27.2 Å². The van der Waals surface area contributed by atoms with Crippen molar-refractivity contribution in [2.45, 2.75) is 34.3 Å². The number of hydrogen-bond acceptors (Lipinski definition) is 33. The van der Waals surface area contributed by atoms with E-state index < -0.39 is 234 Å². The third-order valence-corrected chi connectivity index (χ3v) is 17.9. The molecule has 0 aliphatic heterocycles. The van der Waals surface area contributed by atoms with E-state index in [-0.39, 0.29) is 10.7 Å². The number of hydrogen-bond donors (Lipinski definition) is 12. The summed E-state index contributed by atoms with van der Waals surface area (Å²) in [5.74, 6) is -6.04. The van der Waals surface area contributed by atoms with Crippen LogP contribution >= 0.6 is 0 Å². The topological polar surface area (TPSA) is 716 Å². The molecule has 13 N–H and O–H groups in total. The fourth-order valence-corrected chi connectivity index (χ4v) is 12.5. The molecule has 8 aromatic rings. The minimum Gasteiger partial charge on any atom is -0.505 e. The molecule has 51 heteroatoms. The number of nitrogens with zero attached hydrogens (tertiary/aromatic N) is 11. The Morgan fingerprint density at radius 2 is 0.968 bits per heavy atom. The average Bonchev–Trinajstić information content (AvgIpc) is 0.873. The summed E-state index contributed by atoms with van der Waals surface area (Å²) in [6.07, 6.45) is 0. The Labute approximate surface area is 517 Å². The molecule has 1 aromatic heterocycles. The second kappa shape index (κ2) is 25.1. The average molecular weight is 1450 g/mol. The number of benzene rings is 7. The van der Waals surface area contributed by atoms with Crippen molar-refractivity contribution in [2.24, 2.45) is 40.9 Å². The maximum atomic E-state index is 13.1. The zero-order valence-electron chi connectivity index (χ0n) is 44.0. The van der Waals surface area contributed by atoms with Gasteiger partial charge in [-0.1, -0.05) is 6.07 Å². The highest BCUT2D eigenvalue weighted by molar-refractivity contribution is 7.87. The van der Waals surface area contributed by atoms with Crippen molar-refractivity contribution in [2.75, 3.05) is 5.73 Å². The fourth-order valence-electron chi connectivity index (χ4n) is 7.90. The molecule has 0 unspecified atom stereocenters. The van der Waals surface area contributed by atoms with Gasteiger partial charge >= 0.3 is 16.6 Å². The van der Waals surface area contributed by atoms with E-state index in [1.165, 1.54) is 0 Å². The van der Waals surface area contributed by atoms with Gasteiger partial charge in [0.2, 0.25) is 11.6 Å². The Hall–Kier alpha value is -10.3. The molecule has 43 nitrogen and oxygen atoms in total. The van der Waals surface area contributed by atoms with E-state index in [1.54, 1.807) is 0 Å². The van der Waals surface area contributed by atoms with Gasteiger partial charge in [0.25, 0.3) is 76.5 Å². The minimum absolute atomic E-state index is 0.00574. The molecular formula is C42H28N12O31S8. The number of azo groups is 4. The lowest BCUT2D eigenvalue weighted by Gasteiger charge is -2.13. The number of fused-ring (bicyclic) bond motifs is 2. The standard InChI is InChI=1S/C42H28N12O28S7.O3S/c43-34-26(15-29(85(68,69)70)20-5-8-24(39(56)33(20)34)47-45-23-7-2-17(54(60)61)12-31(23)87(74,75)76)49-48-25-9-4-19-21(40(25)89(80,81)82)14-32(88(77,78)79)35(38(19)55)50-44-16-1-6-22(30(11-16)86(71,72)73)46-51-36-37(42(58)59)52-53(41(36)57)27-13-18(83(62,63)64)3-10-28(27)84(65,66)67;1-4(2)3/h1-15,55-57H,43H2,(H,58,59)(H,62,63,64)(H,65,66,67)(H,68,69,70)(H,71,72,73)(H,74,75,76)(H,77,78,79)(H,80,81,82);. The van der Waals surface area contributed by atoms with Gasteiger partial charge in [-0.05, 0) is 72.8 Å². The number of aromatic carboxylic acids is 1. The van der Waals surface area contributed by atoms with Gasteiger partial charge in [0.1, 0.15) is 63.5 Å². The second-order valence-electron chi connectivity index (χ2n) is 17.5. The lowest BCUT2D eigenvalue weighted by molar-refractivity contribution is -0.385. The Morgan fingerprint density at radius 1 is 0.484 bits per heavy atom. The Balaban J connectivity index is 0.00000297. The van der Waals surface area contributed by atoms with Crippen LogP contribution in [-0.4, -0.2) is 145 Å². The molecule has 0 radical (unpaired) electrons. The third kappa shape index (κ3) is 15.2. The lowest BCUT2D eigenvalue weighted by Crippen LogP contribution is -2.10. The van der Waals surface area contributed by atoms with Crippen LogP contribution in [0.15, 0.2) is 166 Å². The minimum atomic E-state index is -5.74. The normalized spacial score (nSPS) is 12.9. The summed E-state index contributed by atoms with van der Waals surface area (Å²) in [5.41, 5.74) is -5.22. The molecule has 0 aliphatic carbocycles. The number of nitro benzene ring substituents is 1. The maximum absolute atomic E-state index is 13.1. The van der Waals surface area contributed by atoms with E-state index in [0.29, 0.717) is 48.5 Å². The number of nitrogen functional groups attached to an aromatic ring is 1. The van der Waals surface area contributed by atoms with Gasteiger partial charge in [0.05, 0.1) is 32.3 Å². The number of phenols is 2. The molecule has 1 heterocycles. The summed E-state index contributed by atoms with van der Waals surface area (Å²) in [6, 6.07) is 8.91. The van der Waals surface area contributed by atoms with Crippen molar-refractivity contribution in [3.05, 3.63) is 107 Å². The SMILES string of the molecule is Nc1c(N=Nc2ccc3c(O)c(N=Nc4ccc(N=Nc5c(C(=O)O)nn(-c6cc(S(=O)(=O)O)ccc6S(=O)(=O)O)c5O)c(S(=O)(=O)O)c4)c(S(=O)(=O)O)cc3c2S(=O)(=O)O)cc(S(=O)(=O)O)c2ccc(N=Nc3ccc([N+](=O)[O-])cc3S(=O)(=O)O)c(O)c12.O=S(=O)=O. The highest BCUT2D eigenvalue weighted by Gasteiger charge is 2.32. The number of phenolic OH excluding ortho intramolecular Hbond substituents is 2. The molecule has 8 rings (SSSR count). The van der Waals surface area contributed by atoms with Gasteiger partial charge in [0.15, 0.2) is 17.2 Å². The van der Waals surface area contributed by atoms with Crippen molar-refractivity contribution in [3.63, 3.8) is 0 Å². The zero-order valence-corrected chi connectivity index (χ0v) is 50.5. The summed E-state index contributed by atoms with van der Waals surface area (Å²) in [5, 5.41) is 83.7. The van der Waals surface area contributed by atoms with Crippen molar-refractivity contribution in [1.82, 2.24) is 9.78 Å². The van der Waals surface area contributed by atoms with Crippen molar-refractivity contribution in [1.29, 1.82) is 0 Å². The van der Waals surface area contributed by atoms with Crippen LogP contribution in [0, 0.1) is 10.1 Å². The molecule has 0 bridgehead atoms. The Bertz CT molecular complexity index is 5720. The number of carbonyl (C=O) groups is 1. The summed E-state index contributed by atoms with van der Waals surface area (Å²) < 4.78 is 270. The number of rotatable bonds is 18. The van der Waals surface area contributed by atoms with Crippen LogP contribution in [0.2, 0.25) is 0 Å². The molecule has 7 aromatic carbocycles. The summed E-state index contributed by atoms with van der Waals surface area (Å²) >= 11 is 0. The van der Waals surface area contributed by atoms with Gasteiger partial charge in [-0.3, -0.25) is 42.0 Å². The van der Waals surface area contributed by atoms with E-state index in [1.807, 2.05) is 0 Å². The number of carboxylic acid groups (broad SMARTS) is 1. The monoisotopic (exact) mass is 1450 g/mol. The molecule has 0 saturated carbocycles. The first-order valence-corrected chi connectivity index (χ1v) is 34.0. The molecule has 0 amide bonds. The molecule has 0 aliphatic rings. The number of aromatic hydroxyl groups is 3. The predicted octanol–water partition coefficient (Wildman–Crippen LogP) is 5.87. The first kappa shape index (κ1) is 70.2. The predicted molar refractivity (Wildman–Crippen MR) is 302 cm³/mol. The molecular weight excluding hydrogens is 1430 g/mol. The van der Waals surface area contributed by atoms with Crippen molar-refractivity contribution in [3.8, 4) is 23.1 Å². The Kier molecular flexibility index (Phi) is 18.9. The number of non-ortho nitro benzene ring substituents is 1. The number of nitro groups is 1. The van der Waals surface area contributed by atoms with E-state index in [0.717, 1.165) is 36.4 Å². The molecule has 0 fully saturated rings. The first-order chi connectivity index (χ1) is 42.6. The molecule has 490 valence electrons. The van der Waals surface area contributed by atoms with Crippen LogP contribution in [0.5, 0.6) is 17.4 Å². The number of anilines is 1. The van der Waals surface area contributed by atoms with Gasteiger partial charge in [-0.25, -0.2) is 4.79 Å². The second-order valence-corrected chi connectivity index (χ2v) is 27.6. The highest BCUT2D eigenvalue weighted by atomic mass is 32.2. The van der Waals surface area contributed by atoms with E-state index in [4.69, 9.17) is 18.4 Å². The van der Waals surface area contributed by atoms with E-state index in [9.17, 15) is 126 Å². The van der Waals surface area contributed by atoms with E-state index >= 15 is 0 Å². The molecule has 93 heavy (non-hydrogen) atoms. The van der Waals surface area contributed by atoms with Gasteiger partial charge < -0.3 is 26.2 Å². The first-order valence-electron chi connectivity index (χ1n) is 22.9. The summed E-state index contributed by atoms with van der Waals surface area (Å²) in [4.78, 5) is 13.6. The molecule has 0 saturated heterocycles. The number of aromatic nitrogens is 2. The highest BCUT2D eigenvalue weighted by Crippen LogP contribution is 2.49. The summed E-state index contributed by atoms with van der Waals surface area (Å²) in [7, 11) is -41.2.